The molecule has 0 amide bonds. The Morgan fingerprint density at radius 3 is 2.38 bits per heavy atom. The summed E-state index contributed by atoms with van der Waals surface area (Å²) < 4.78 is 33.7. The number of halogens is 2. The minimum absolute atomic E-state index is 0.0481. The topological polar surface area (TPSA) is 9.23 Å². The van der Waals surface area contributed by atoms with E-state index in [9.17, 15) is 8.78 Å². The summed E-state index contributed by atoms with van der Waals surface area (Å²) in [7, 11) is 0. The Kier molecular flexibility index (Phi) is 6.01. The SMILES string of the molecule is CCCCOc1ccc(C2CCC(CC)CC2)c(F)c1F. The zero-order valence-corrected chi connectivity index (χ0v) is 13.1. The van der Waals surface area contributed by atoms with Gasteiger partial charge in [0.2, 0.25) is 5.82 Å². The maximum Gasteiger partial charge on any atom is 0.200 e. The summed E-state index contributed by atoms with van der Waals surface area (Å²) in [6.45, 7) is 4.68. The second kappa shape index (κ2) is 7.77. The van der Waals surface area contributed by atoms with Gasteiger partial charge in [0.05, 0.1) is 6.61 Å². The maximum atomic E-state index is 14.3. The molecule has 1 aliphatic carbocycles. The fraction of sp³-hybridized carbons (Fsp3) is 0.667. The van der Waals surface area contributed by atoms with Crippen LogP contribution in [0.5, 0.6) is 5.75 Å². The van der Waals surface area contributed by atoms with Crippen molar-refractivity contribution in [3.63, 3.8) is 0 Å². The third-order valence-electron chi connectivity index (χ3n) is 4.70. The summed E-state index contributed by atoms with van der Waals surface area (Å²) in [6.07, 6.45) is 7.18. The highest BCUT2D eigenvalue weighted by atomic mass is 19.2. The van der Waals surface area contributed by atoms with Crippen LogP contribution >= 0.6 is 0 Å². The molecule has 118 valence electrons. The molecule has 1 fully saturated rings. The molecule has 3 heteroatoms. The molecule has 1 nitrogen and oxygen atoms in total. The van der Waals surface area contributed by atoms with E-state index < -0.39 is 11.6 Å². The molecule has 0 heterocycles. The lowest BCUT2D eigenvalue weighted by atomic mass is 9.77. The van der Waals surface area contributed by atoms with Crippen LogP contribution < -0.4 is 4.74 Å². The molecular formula is C18H26F2O. The Balaban J connectivity index is 2.06. The number of hydrogen-bond acceptors (Lipinski definition) is 1. The van der Waals surface area contributed by atoms with E-state index in [1.165, 1.54) is 6.42 Å². The van der Waals surface area contributed by atoms with Crippen molar-refractivity contribution in [2.75, 3.05) is 6.61 Å². The minimum atomic E-state index is -0.818. The van der Waals surface area contributed by atoms with Crippen LogP contribution in [-0.4, -0.2) is 6.61 Å². The third-order valence-corrected chi connectivity index (χ3v) is 4.70. The molecule has 0 unspecified atom stereocenters. The van der Waals surface area contributed by atoms with E-state index in [0.717, 1.165) is 44.4 Å². The van der Waals surface area contributed by atoms with E-state index in [1.54, 1.807) is 12.1 Å². The first-order valence-electron chi connectivity index (χ1n) is 8.28. The van der Waals surface area contributed by atoms with Gasteiger partial charge >= 0.3 is 0 Å². The number of rotatable bonds is 6. The van der Waals surface area contributed by atoms with Gasteiger partial charge in [0.15, 0.2) is 11.6 Å². The van der Waals surface area contributed by atoms with Crippen LogP contribution in [0.3, 0.4) is 0 Å². The predicted octanol–water partition coefficient (Wildman–Crippen LogP) is 5.83. The van der Waals surface area contributed by atoms with Gasteiger partial charge in [0.1, 0.15) is 0 Å². The third kappa shape index (κ3) is 3.96. The van der Waals surface area contributed by atoms with Crippen LogP contribution in [0, 0.1) is 17.6 Å². The van der Waals surface area contributed by atoms with E-state index in [1.807, 2.05) is 6.92 Å². The number of hydrogen-bond donors (Lipinski definition) is 0. The molecule has 1 aromatic rings. The number of benzene rings is 1. The van der Waals surface area contributed by atoms with Crippen molar-refractivity contribution >= 4 is 0 Å². The molecule has 0 N–H and O–H groups in total. The van der Waals surface area contributed by atoms with E-state index in [2.05, 4.69) is 6.92 Å². The summed E-state index contributed by atoms with van der Waals surface area (Å²) in [6, 6.07) is 3.31. The highest BCUT2D eigenvalue weighted by Crippen LogP contribution is 2.39. The largest absolute Gasteiger partial charge is 0.490 e. The van der Waals surface area contributed by atoms with Crippen LogP contribution in [-0.2, 0) is 0 Å². The van der Waals surface area contributed by atoms with Gasteiger partial charge in [0, 0.05) is 0 Å². The van der Waals surface area contributed by atoms with Crippen molar-refractivity contribution in [1.29, 1.82) is 0 Å². The summed E-state index contributed by atoms with van der Waals surface area (Å²) >= 11 is 0. The van der Waals surface area contributed by atoms with Crippen molar-refractivity contribution in [2.24, 2.45) is 5.92 Å². The van der Waals surface area contributed by atoms with Crippen molar-refractivity contribution in [1.82, 2.24) is 0 Å². The molecular weight excluding hydrogens is 270 g/mol. The van der Waals surface area contributed by atoms with Crippen molar-refractivity contribution in [2.45, 2.75) is 64.7 Å². The summed E-state index contributed by atoms with van der Waals surface area (Å²) in [5, 5.41) is 0. The van der Waals surface area contributed by atoms with Crippen molar-refractivity contribution in [3.8, 4) is 5.75 Å². The normalized spacial score (nSPS) is 22.3. The molecule has 21 heavy (non-hydrogen) atoms. The Labute approximate surface area is 126 Å². The van der Waals surface area contributed by atoms with E-state index in [4.69, 9.17) is 4.74 Å². The van der Waals surface area contributed by atoms with Gasteiger partial charge < -0.3 is 4.74 Å². The molecule has 0 aliphatic heterocycles. The van der Waals surface area contributed by atoms with Crippen LogP contribution in [0.2, 0.25) is 0 Å². The summed E-state index contributed by atoms with van der Waals surface area (Å²) in [4.78, 5) is 0. The first kappa shape index (κ1) is 16.3. The minimum Gasteiger partial charge on any atom is -0.490 e. The van der Waals surface area contributed by atoms with Gasteiger partial charge in [0.25, 0.3) is 0 Å². The zero-order valence-electron chi connectivity index (χ0n) is 13.1. The Morgan fingerprint density at radius 1 is 1.05 bits per heavy atom. The van der Waals surface area contributed by atoms with Crippen LogP contribution in [0.1, 0.15) is 70.3 Å². The fourth-order valence-corrected chi connectivity index (χ4v) is 3.18. The van der Waals surface area contributed by atoms with Crippen molar-refractivity contribution in [3.05, 3.63) is 29.3 Å². The zero-order chi connectivity index (χ0) is 15.2. The molecule has 0 aromatic heterocycles. The Morgan fingerprint density at radius 2 is 1.76 bits per heavy atom. The van der Waals surface area contributed by atoms with Crippen LogP contribution in [0.15, 0.2) is 12.1 Å². The second-order valence-electron chi connectivity index (χ2n) is 6.11. The van der Waals surface area contributed by atoms with Gasteiger partial charge in [-0.2, -0.15) is 4.39 Å². The molecule has 1 aliphatic rings. The highest BCUT2D eigenvalue weighted by Gasteiger charge is 2.25. The van der Waals surface area contributed by atoms with Gasteiger partial charge in [-0.05, 0) is 55.6 Å². The van der Waals surface area contributed by atoms with Crippen LogP contribution in [0.4, 0.5) is 8.78 Å². The molecule has 2 rings (SSSR count). The van der Waals surface area contributed by atoms with E-state index >= 15 is 0 Å². The molecule has 0 radical (unpaired) electrons. The Hall–Kier alpha value is -1.12. The van der Waals surface area contributed by atoms with Gasteiger partial charge in [-0.1, -0.05) is 32.8 Å². The summed E-state index contributed by atoms with van der Waals surface area (Å²) in [5.74, 6) is -0.560. The highest BCUT2D eigenvalue weighted by molar-refractivity contribution is 5.33. The predicted molar refractivity (Wildman–Crippen MR) is 81.8 cm³/mol. The quantitative estimate of drug-likeness (QED) is 0.600. The van der Waals surface area contributed by atoms with E-state index in [-0.39, 0.29) is 11.7 Å². The van der Waals surface area contributed by atoms with Gasteiger partial charge in [-0.25, -0.2) is 4.39 Å². The number of unbranched alkanes of at least 4 members (excludes halogenated alkanes) is 1. The van der Waals surface area contributed by atoms with Gasteiger partial charge in [-0.15, -0.1) is 0 Å². The van der Waals surface area contributed by atoms with Crippen molar-refractivity contribution < 1.29 is 13.5 Å². The average molecular weight is 296 g/mol. The second-order valence-corrected chi connectivity index (χ2v) is 6.11. The fourth-order valence-electron chi connectivity index (χ4n) is 3.18. The molecule has 1 aromatic carbocycles. The monoisotopic (exact) mass is 296 g/mol. The summed E-state index contributed by atoms with van der Waals surface area (Å²) in [5.41, 5.74) is 0.532. The smallest absolute Gasteiger partial charge is 0.200 e. The Bertz CT molecular complexity index is 451. The van der Waals surface area contributed by atoms with E-state index in [0.29, 0.717) is 12.2 Å². The molecule has 0 bridgehead atoms. The maximum absolute atomic E-state index is 14.3. The average Bonchev–Trinajstić information content (AvgIpc) is 2.52. The lowest BCUT2D eigenvalue weighted by molar-refractivity contribution is 0.284. The van der Waals surface area contributed by atoms with Gasteiger partial charge in [-0.3, -0.25) is 0 Å². The molecule has 0 saturated heterocycles. The molecule has 1 saturated carbocycles. The van der Waals surface area contributed by atoms with Crippen LogP contribution in [0.25, 0.3) is 0 Å². The lowest BCUT2D eigenvalue weighted by Crippen LogP contribution is -2.14. The lowest BCUT2D eigenvalue weighted by Gasteiger charge is -2.28. The number of ether oxygens (including phenoxy) is 1. The first-order valence-corrected chi connectivity index (χ1v) is 8.28. The molecule has 0 atom stereocenters. The molecule has 0 spiro atoms. The first-order chi connectivity index (χ1) is 10.2. The standard InChI is InChI=1S/C18H26F2O/c1-3-5-12-21-16-11-10-15(17(19)18(16)20)14-8-6-13(4-2)7-9-14/h10-11,13-14H,3-9,12H2,1-2H3.